The van der Waals surface area contributed by atoms with Crippen molar-refractivity contribution in [3.05, 3.63) is 76.6 Å². The quantitative estimate of drug-likeness (QED) is 0.201. The van der Waals surface area contributed by atoms with E-state index in [4.69, 9.17) is 9.94 Å². The van der Waals surface area contributed by atoms with Crippen LogP contribution >= 0.6 is 0 Å². The van der Waals surface area contributed by atoms with Crippen molar-refractivity contribution in [3.63, 3.8) is 0 Å². The van der Waals surface area contributed by atoms with Crippen molar-refractivity contribution in [2.24, 2.45) is 5.92 Å². The summed E-state index contributed by atoms with van der Waals surface area (Å²) in [6, 6.07) is 15.7. The molecular weight excluding hydrogens is 460 g/mol. The van der Waals surface area contributed by atoms with Crippen LogP contribution in [-0.4, -0.2) is 51.8 Å². The number of amides is 2. The number of piperidine rings is 1. The lowest BCUT2D eigenvalue weighted by atomic mass is 9.89. The van der Waals surface area contributed by atoms with E-state index in [-0.39, 0.29) is 25.6 Å². The average molecular weight is 493 g/mol. The van der Waals surface area contributed by atoms with Gasteiger partial charge in [-0.2, -0.15) is 0 Å². The topological polar surface area (TPSA) is 124 Å². The first-order chi connectivity index (χ1) is 17.2. The molecule has 9 heteroatoms. The maximum absolute atomic E-state index is 13.1. The minimum Gasteiger partial charge on any atom is -0.633 e. The van der Waals surface area contributed by atoms with E-state index < -0.39 is 28.4 Å². The van der Waals surface area contributed by atoms with Gasteiger partial charge in [-0.25, -0.2) is 5.48 Å². The number of nitrogens with one attached hydrogen (secondary N) is 2. The predicted molar refractivity (Wildman–Crippen MR) is 135 cm³/mol. The van der Waals surface area contributed by atoms with Gasteiger partial charge in [0.1, 0.15) is 12.4 Å². The molecule has 3 N–H and O–H groups in total. The minimum atomic E-state index is -0.697. The Morgan fingerprint density at radius 1 is 1.19 bits per heavy atom. The average Bonchev–Trinajstić information content (AvgIpc) is 2.87. The van der Waals surface area contributed by atoms with Crippen molar-refractivity contribution < 1.29 is 24.2 Å². The Morgan fingerprint density at radius 2 is 1.92 bits per heavy atom. The third-order valence-corrected chi connectivity index (χ3v) is 6.96. The Labute approximate surface area is 210 Å². The molecule has 1 aliphatic heterocycles. The van der Waals surface area contributed by atoms with E-state index in [1.165, 1.54) is 0 Å². The summed E-state index contributed by atoms with van der Waals surface area (Å²) in [5.74, 6) is -1.07. The molecule has 0 spiro atoms. The van der Waals surface area contributed by atoms with E-state index in [0.717, 1.165) is 22.2 Å². The van der Waals surface area contributed by atoms with Crippen LogP contribution < -0.4 is 15.5 Å². The maximum Gasteiger partial charge on any atom is 0.251 e. The lowest BCUT2D eigenvalue weighted by Crippen LogP contribution is -2.64. The summed E-state index contributed by atoms with van der Waals surface area (Å²) < 4.78 is 5.47. The van der Waals surface area contributed by atoms with E-state index >= 15 is 0 Å². The summed E-state index contributed by atoms with van der Waals surface area (Å²) in [5, 5.41) is 26.1. The smallest absolute Gasteiger partial charge is 0.251 e. The van der Waals surface area contributed by atoms with Crippen molar-refractivity contribution >= 4 is 22.7 Å². The molecule has 3 atom stereocenters. The third kappa shape index (κ3) is 5.48. The zero-order valence-corrected chi connectivity index (χ0v) is 20.7. The lowest BCUT2D eigenvalue weighted by Gasteiger charge is -2.52. The van der Waals surface area contributed by atoms with Crippen LogP contribution in [-0.2, 0) is 11.4 Å². The minimum absolute atomic E-state index is 0.0575. The van der Waals surface area contributed by atoms with Gasteiger partial charge in [-0.3, -0.25) is 19.8 Å². The van der Waals surface area contributed by atoms with E-state index in [2.05, 4.69) is 10.3 Å². The van der Waals surface area contributed by atoms with E-state index in [1.54, 1.807) is 29.7 Å². The van der Waals surface area contributed by atoms with Gasteiger partial charge in [-0.1, -0.05) is 18.2 Å². The number of likely N-dealkylation sites (tertiary alicyclic amines) is 1. The first kappa shape index (κ1) is 25.6. The number of para-hydroxylation sites is 1. The fraction of sp³-hybridized carbons (Fsp3) is 0.370. The second kappa shape index (κ2) is 10.6. The van der Waals surface area contributed by atoms with Gasteiger partial charge in [-0.15, -0.1) is 0 Å². The summed E-state index contributed by atoms with van der Waals surface area (Å²) in [5.41, 5.74) is 4.90. The number of carbonyl (C=O) groups excluding carboxylic acids is 2. The number of fused-ring (bicyclic) bond motifs is 1. The van der Waals surface area contributed by atoms with E-state index in [9.17, 15) is 14.8 Å². The normalized spacial score (nSPS) is 21.8. The number of hydrogen-bond acceptors (Lipinski definition) is 6. The van der Waals surface area contributed by atoms with E-state index in [1.807, 2.05) is 51.1 Å². The van der Waals surface area contributed by atoms with Crippen LogP contribution in [0.15, 0.2) is 54.6 Å². The molecule has 2 aromatic carbocycles. The van der Waals surface area contributed by atoms with Crippen LogP contribution in [0.25, 0.3) is 10.9 Å². The number of carbonyl (C=O) groups is 2. The number of pyridine rings is 1. The third-order valence-electron chi connectivity index (χ3n) is 6.96. The summed E-state index contributed by atoms with van der Waals surface area (Å²) >= 11 is 0. The molecular formula is C27H32N4O5. The summed E-state index contributed by atoms with van der Waals surface area (Å²) in [6.07, 6.45) is 0.273. The number of aromatic nitrogens is 1. The molecule has 0 radical (unpaired) electrons. The molecule has 9 nitrogen and oxygen atoms in total. The van der Waals surface area contributed by atoms with Crippen molar-refractivity contribution in [2.75, 3.05) is 13.1 Å². The molecule has 4 rings (SSSR count). The Balaban J connectivity index is 1.44. The highest BCUT2D eigenvalue weighted by Gasteiger charge is 2.41. The van der Waals surface area contributed by atoms with Gasteiger partial charge >= 0.3 is 0 Å². The summed E-state index contributed by atoms with van der Waals surface area (Å²) in [7, 11) is 0. The van der Waals surface area contributed by atoms with Crippen LogP contribution in [0.1, 0.15) is 41.9 Å². The number of aryl methyl sites for hydroxylation is 1. The Bertz CT molecular complexity index is 1250. The van der Waals surface area contributed by atoms with Crippen molar-refractivity contribution in [3.8, 4) is 5.75 Å². The number of benzene rings is 2. The fourth-order valence-corrected chi connectivity index (χ4v) is 4.75. The lowest BCUT2D eigenvalue weighted by molar-refractivity contribution is -0.907. The van der Waals surface area contributed by atoms with Gasteiger partial charge in [0.2, 0.25) is 5.91 Å². The van der Waals surface area contributed by atoms with Crippen LogP contribution in [0.5, 0.6) is 5.75 Å². The van der Waals surface area contributed by atoms with Crippen LogP contribution in [0.3, 0.4) is 0 Å². The van der Waals surface area contributed by atoms with Gasteiger partial charge in [0, 0.05) is 28.6 Å². The summed E-state index contributed by atoms with van der Waals surface area (Å²) in [6.45, 7) is 6.26. The molecule has 2 heterocycles. The molecule has 36 heavy (non-hydrogen) atoms. The zero-order chi connectivity index (χ0) is 25.9. The van der Waals surface area contributed by atoms with Gasteiger partial charge in [0.15, 0.2) is 0 Å². The predicted octanol–water partition coefficient (Wildman–Crippen LogP) is 3.47. The van der Waals surface area contributed by atoms with Crippen molar-refractivity contribution in [1.29, 1.82) is 0 Å². The van der Waals surface area contributed by atoms with Gasteiger partial charge in [0.05, 0.1) is 36.6 Å². The van der Waals surface area contributed by atoms with Gasteiger partial charge < -0.3 is 19.9 Å². The number of hydroxylamine groups is 4. The second-order valence-corrected chi connectivity index (χ2v) is 9.66. The van der Waals surface area contributed by atoms with Crippen molar-refractivity contribution in [1.82, 2.24) is 15.8 Å². The molecule has 0 saturated carbocycles. The fourth-order valence-electron chi connectivity index (χ4n) is 4.75. The number of rotatable bonds is 7. The Kier molecular flexibility index (Phi) is 7.53. The monoisotopic (exact) mass is 492 g/mol. The molecule has 1 fully saturated rings. The first-order valence-corrected chi connectivity index (χ1v) is 12.1. The Hall–Kier alpha value is -3.53. The highest BCUT2D eigenvalue weighted by atomic mass is 16.5. The zero-order valence-electron chi connectivity index (χ0n) is 20.7. The molecule has 1 aliphatic rings. The van der Waals surface area contributed by atoms with Crippen LogP contribution in [0, 0.1) is 18.0 Å². The molecule has 1 unspecified atom stereocenters. The number of nitrogens with zero attached hydrogens (tertiary/aromatic N) is 2. The number of quaternary nitrogens is 1. The molecule has 1 aromatic heterocycles. The standard InChI is InChI=1S/C27H32N4O5/c1-17(2)31(35)13-12-23(27(33)30-34)25(15-31)29-26(32)19-8-10-21(11-9-19)36-16-20-14-18(3)28-24-7-5-4-6-22(20)24/h4-11,14,17,23,25,34H,12-13,15-16H2,1-3H3,(H,29,32)(H,30,33)/t23-,25+,31?/m0/s1. The van der Waals surface area contributed by atoms with Crippen LogP contribution in [0.4, 0.5) is 0 Å². The van der Waals surface area contributed by atoms with Crippen molar-refractivity contribution in [2.45, 2.75) is 45.9 Å². The maximum atomic E-state index is 13.1. The second-order valence-electron chi connectivity index (χ2n) is 9.66. The molecule has 0 aliphatic carbocycles. The molecule has 0 bridgehead atoms. The highest BCUT2D eigenvalue weighted by Crippen LogP contribution is 2.27. The van der Waals surface area contributed by atoms with Gasteiger partial charge in [0.25, 0.3) is 5.91 Å². The molecule has 3 aromatic rings. The highest BCUT2D eigenvalue weighted by molar-refractivity contribution is 5.95. The number of ether oxygens (including phenoxy) is 1. The molecule has 190 valence electrons. The first-order valence-electron chi connectivity index (χ1n) is 12.1. The Morgan fingerprint density at radius 3 is 2.61 bits per heavy atom. The number of hydrogen-bond donors (Lipinski definition) is 3. The largest absolute Gasteiger partial charge is 0.633 e. The molecule has 1 saturated heterocycles. The SMILES string of the molecule is Cc1cc(COc2ccc(C(=O)N[C@@H]3C[N+]([O-])(C(C)C)CC[C@@H]3C(=O)NO)cc2)c2ccccc2n1. The van der Waals surface area contributed by atoms with E-state index in [0.29, 0.717) is 17.9 Å². The molecule has 2 amide bonds. The summed E-state index contributed by atoms with van der Waals surface area (Å²) in [4.78, 5) is 29.7. The van der Waals surface area contributed by atoms with Gasteiger partial charge in [-0.05, 0) is 57.2 Å². The van der Waals surface area contributed by atoms with Crippen LogP contribution in [0.2, 0.25) is 0 Å².